The van der Waals surface area contributed by atoms with Gasteiger partial charge in [0, 0.05) is 6.61 Å². The maximum absolute atomic E-state index is 9.10. The second kappa shape index (κ2) is 2.63. The number of rotatable bonds is 3. The summed E-state index contributed by atoms with van der Waals surface area (Å²) in [6, 6.07) is 0. The molecule has 2 rings (SSSR count). The normalized spacial score (nSPS) is 27.7. The quantitative estimate of drug-likeness (QED) is 0.614. The van der Waals surface area contributed by atoms with Crippen molar-refractivity contribution in [1.29, 1.82) is 0 Å². The van der Waals surface area contributed by atoms with Crippen molar-refractivity contribution in [2.24, 2.45) is 11.3 Å². The van der Waals surface area contributed by atoms with Crippen molar-refractivity contribution < 1.29 is 5.11 Å². The highest BCUT2D eigenvalue weighted by atomic mass is 16.3. The molecule has 1 heteroatoms. The summed E-state index contributed by atoms with van der Waals surface area (Å²) in [5.74, 6) is 0.852. The lowest BCUT2D eigenvalue weighted by atomic mass is 9.91. The monoisotopic (exact) mass is 152 g/mol. The number of aliphatic hydroxyl groups excluding tert-OH is 1. The third kappa shape index (κ3) is 1.48. The molecule has 1 fully saturated rings. The van der Waals surface area contributed by atoms with Gasteiger partial charge in [0.15, 0.2) is 0 Å². The van der Waals surface area contributed by atoms with Gasteiger partial charge >= 0.3 is 0 Å². The van der Waals surface area contributed by atoms with Crippen LogP contribution >= 0.6 is 0 Å². The van der Waals surface area contributed by atoms with Crippen LogP contribution in [-0.2, 0) is 0 Å². The van der Waals surface area contributed by atoms with Crippen molar-refractivity contribution in [2.75, 3.05) is 6.61 Å². The second-order valence-corrected chi connectivity index (χ2v) is 4.17. The summed E-state index contributed by atoms with van der Waals surface area (Å²) in [6.07, 6.45) is 10.8. The van der Waals surface area contributed by atoms with Crippen LogP contribution in [0.15, 0.2) is 12.2 Å². The lowest BCUT2D eigenvalue weighted by molar-refractivity contribution is 0.185. The molecular formula is C10H16O. The molecule has 0 aliphatic heterocycles. The third-order valence-electron chi connectivity index (χ3n) is 3.12. The van der Waals surface area contributed by atoms with Crippen molar-refractivity contribution in [3.05, 3.63) is 12.2 Å². The summed E-state index contributed by atoms with van der Waals surface area (Å²) >= 11 is 0. The molecule has 2 aliphatic carbocycles. The molecular weight excluding hydrogens is 136 g/mol. The lowest BCUT2D eigenvalue weighted by Gasteiger charge is -2.16. The minimum Gasteiger partial charge on any atom is -0.396 e. The van der Waals surface area contributed by atoms with Gasteiger partial charge in [0.05, 0.1) is 0 Å². The molecule has 0 saturated heterocycles. The summed E-state index contributed by atoms with van der Waals surface area (Å²) in [5.41, 5.74) is 0.372. The van der Waals surface area contributed by atoms with E-state index >= 15 is 0 Å². The van der Waals surface area contributed by atoms with Gasteiger partial charge in [0.1, 0.15) is 0 Å². The fraction of sp³-hybridized carbons (Fsp3) is 0.800. The van der Waals surface area contributed by atoms with Gasteiger partial charge in [-0.2, -0.15) is 0 Å². The highest BCUT2D eigenvalue weighted by molar-refractivity contribution is 5.00. The molecule has 1 saturated carbocycles. The number of aliphatic hydroxyl groups is 1. The van der Waals surface area contributed by atoms with Crippen molar-refractivity contribution in [1.82, 2.24) is 0 Å². The maximum Gasteiger partial charge on any atom is 0.0487 e. The highest BCUT2D eigenvalue weighted by Crippen LogP contribution is 2.51. The van der Waals surface area contributed by atoms with E-state index in [0.717, 1.165) is 5.92 Å². The fourth-order valence-corrected chi connectivity index (χ4v) is 2.06. The predicted octanol–water partition coefficient (Wildman–Crippen LogP) is 2.12. The average molecular weight is 152 g/mol. The Morgan fingerprint density at radius 3 is 2.36 bits per heavy atom. The predicted molar refractivity (Wildman–Crippen MR) is 45.2 cm³/mol. The van der Waals surface area contributed by atoms with Gasteiger partial charge in [-0.15, -0.1) is 0 Å². The van der Waals surface area contributed by atoms with Crippen LogP contribution in [0.3, 0.4) is 0 Å². The largest absolute Gasteiger partial charge is 0.396 e. The second-order valence-electron chi connectivity index (χ2n) is 4.17. The molecule has 0 unspecified atom stereocenters. The third-order valence-corrected chi connectivity index (χ3v) is 3.12. The molecule has 0 radical (unpaired) electrons. The van der Waals surface area contributed by atoms with E-state index in [1.807, 2.05) is 0 Å². The Hall–Kier alpha value is -0.300. The van der Waals surface area contributed by atoms with Crippen molar-refractivity contribution in [3.63, 3.8) is 0 Å². The van der Waals surface area contributed by atoms with Crippen LogP contribution in [0.4, 0.5) is 0 Å². The van der Waals surface area contributed by atoms with Gasteiger partial charge in [-0.3, -0.25) is 0 Å². The van der Waals surface area contributed by atoms with Crippen LogP contribution in [0, 0.1) is 11.3 Å². The van der Waals surface area contributed by atoms with E-state index in [1.165, 1.54) is 32.1 Å². The zero-order chi connectivity index (χ0) is 7.73. The Balaban J connectivity index is 1.81. The van der Waals surface area contributed by atoms with Crippen LogP contribution in [0.5, 0.6) is 0 Å². The smallest absolute Gasteiger partial charge is 0.0487 e. The molecule has 1 nitrogen and oxygen atoms in total. The van der Waals surface area contributed by atoms with E-state index in [0.29, 0.717) is 12.0 Å². The average Bonchev–Trinajstić information content (AvgIpc) is 2.59. The van der Waals surface area contributed by atoms with E-state index in [2.05, 4.69) is 12.2 Å². The Labute approximate surface area is 68.1 Å². The zero-order valence-electron chi connectivity index (χ0n) is 6.92. The lowest BCUT2D eigenvalue weighted by Crippen LogP contribution is -2.11. The Kier molecular flexibility index (Phi) is 1.76. The molecule has 0 atom stereocenters. The van der Waals surface area contributed by atoms with Gasteiger partial charge < -0.3 is 5.11 Å². The highest BCUT2D eigenvalue weighted by Gasteiger charge is 2.43. The molecule has 0 amide bonds. The molecule has 62 valence electrons. The summed E-state index contributed by atoms with van der Waals surface area (Å²) in [6.45, 7) is 0.420. The molecule has 0 heterocycles. The van der Waals surface area contributed by atoms with E-state index in [1.54, 1.807) is 0 Å². The molecule has 0 aromatic heterocycles. The molecule has 2 aliphatic rings. The van der Waals surface area contributed by atoms with Crippen LogP contribution < -0.4 is 0 Å². The van der Waals surface area contributed by atoms with Gasteiger partial charge in [0.25, 0.3) is 0 Å². The van der Waals surface area contributed by atoms with Gasteiger partial charge in [0.2, 0.25) is 0 Å². The molecule has 11 heavy (non-hydrogen) atoms. The van der Waals surface area contributed by atoms with E-state index in [4.69, 9.17) is 5.11 Å². The topological polar surface area (TPSA) is 20.2 Å². The summed E-state index contributed by atoms with van der Waals surface area (Å²) in [7, 11) is 0. The molecule has 0 spiro atoms. The van der Waals surface area contributed by atoms with E-state index < -0.39 is 0 Å². The van der Waals surface area contributed by atoms with Crippen molar-refractivity contribution >= 4 is 0 Å². The zero-order valence-corrected chi connectivity index (χ0v) is 6.92. The Morgan fingerprint density at radius 1 is 1.27 bits per heavy atom. The number of hydrogen-bond acceptors (Lipinski definition) is 1. The number of allylic oxidation sites excluding steroid dienone is 2. The standard InChI is InChI=1S/C10H16O/c11-8-10(5-6-10)7-9-3-1-2-4-9/h1-2,9,11H,3-8H2. The first-order valence-corrected chi connectivity index (χ1v) is 4.61. The van der Waals surface area contributed by atoms with Crippen molar-refractivity contribution in [2.45, 2.75) is 32.1 Å². The van der Waals surface area contributed by atoms with Crippen LogP contribution in [0.2, 0.25) is 0 Å². The Morgan fingerprint density at radius 2 is 1.91 bits per heavy atom. The summed E-state index contributed by atoms with van der Waals surface area (Å²) in [5, 5.41) is 9.10. The molecule has 0 aromatic rings. The Bertz CT molecular complexity index is 160. The maximum atomic E-state index is 9.10. The molecule has 1 N–H and O–H groups in total. The summed E-state index contributed by atoms with van der Waals surface area (Å²) in [4.78, 5) is 0. The number of hydrogen-bond donors (Lipinski definition) is 1. The first-order chi connectivity index (χ1) is 5.35. The molecule has 0 aromatic carbocycles. The van der Waals surface area contributed by atoms with Crippen LogP contribution in [0.25, 0.3) is 0 Å². The fourth-order valence-electron chi connectivity index (χ4n) is 2.06. The van der Waals surface area contributed by atoms with E-state index in [9.17, 15) is 0 Å². The van der Waals surface area contributed by atoms with Gasteiger partial charge in [-0.1, -0.05) is 12.2 Å². The SMILES string of the molecule is OCC1(CC2CC=CC2)CC1. The first kappa shape index (κ1) is 7.35. The minimum absolute atomic E-state index is 0.372. The van der Waals surface area contributed by atoms with E-state index in [-0.39, 0.29) is 0 Å². The molecule has 0 bridgehead atoms. The van der Waals surface area contributed by atoms with Crippen LogP contribution in [0.1, 0.15) is 32.1 Å². The minimum atomic E-state index is 0.372. The summed E-state index contributed by atoms with van der Waals surface area (Å²) < 4.78 is 0. The first-order valence-electron chi connectivity index (χ1n) is 4.61. The van der Waals surface area contributed by atoms with Crippen molar-refractivity contribution in [3.8, 4) is 0 Å². The van der Waals surface area contributed by atoms with Gasteiger partial charge in [-0.05, 0) is 43.4 Å². The van der Waals surface area contributed by atoms with Gasteiger partial charge in [-0.25, -0.2) is 0 Å². The van der Waals surface area contributed by atoms with Crippen LogP contribution in [-0.4, -0.2) is 11.7 Å².